The average molecular weight is 304 g/mol. The molecule has 0 aromatic heterocycles. The van der Waals surface area contributed by atoms with Gasteiger partial charge in [-0.3, -0.25) is 4.79 Å². The number of aliphatic carboxylic acids is 1. The first-order chi connectivity index (χ1) is 9.26. The Morgan fingerprint density at radius 3 is 2.65 bits per heavy atom. The standard InChI is InChI=1S/C13H14F2O4S/c1-13(2)19-10(11(20-13)12(16)17)6-4-5-7(14)8(15)9(6)18-3/h4-5,10-11H,1-3H3,(H,16,17)/t10-,11+/m0/s1. The molecule has 1 aromatic carbocycles. The maximum atomic E-state index is 13.7. The minimum absolute atomic E-state index is 0.192. The summed E-state index contributed by atoms with van der Waals surface area (Å²) in [6, 6.07) is 2.23. The van der Waals surface area contributed by atoms with E-state index in [9.17, 15) is 18.7 Å². The lowest BCUT2D eigenvalue weighted by atomic mass is 10.0. The molecule has 0 bridgehead atoms. The predicted octanol–water partition coefficient (Wildman–Crippen LogP) is 2.97. The Labute approximate surface area is 119 Å². The summed E-state index contributed by atoms with van der Waals surface area (Å²) in [5.41, 5.74) is 0.192. The van der Waals surface area contributed by atoms with Crippen molar-refractivity contribution in [2.45, 2.75) is 30.1 Å². The highest BCUT2D eigenvalue weighted by Gasteiger charge is 2.47. The SMILES string of the molecule is COc1c([C@@H]2OC(C)(C)S[C@H]2C(=O)O)ccc(F)c1F. The first-order valence-electron chi connectivity index (χ1n) is 5.87. The molecule has 2 rings (SSSR count). The molecule has 2 atom stereocenters. The van der Waals surface area contributed by atoms with Crippen LogP contribution in [0.5, 0.6) is 5.75 Å². The smallest absolute Gasteiger partial charge is 0.319 e. The second-order valence-corrected chi connectivity index (χ2v) is 6.53. The van der Waals surface area contributed by atoms with E-state index in [4.69, 9.17) is 9.47 Å². The fourth-order valence-electron chi connectivity index (χ4n) is 2.15. The van der Waals surface area contributed by atoms with E-state index in [2.05, 4.69) is 0 Å². The van der Waals surface area contributed by atoms with Crippen LogP contribution in [0.4, 0.5) is 8.78 Å². The maximum Gasteiger partial charge on any atom is 0.319 e. The van der Waals surface area contributed by atoms with Crippen LogP contribution in [0.15, 0.2) is 12.1 Å². The summed E-state index contributed by atoms with van der Waals surface area (Å²) in [5, 5.41) is 8.34. The molecule has 0 spiro atoms. The number of thioether (sulfide) groups is 1. The van der Waals surface area contributed by atoms with E-state index in [-0.39, 0.29) is 11.3 Å². The number of benzene rings is 1. The Kier molecular flexibility index (Phi) is 3.93. The van der Waals surface area contributed by atoms with E-state index >= 15 is 0 Å². The molecule has 1 aromatic rings. The predicted molar refractivity (Wildman–Crippen MR) is 69.8 cm³/mol. The Bertz CT molecular complexity index is 547. The summed E-state index contributed by atoms with van der Waals surface area (Å²) < 4.78 is 37.5. The van der Waals surface area contributed by atoms with Gasteiger partial charge in [-0.05, 0) is 26.0 Å². The van der Waals surface area contributed by atoms with Gasteiger partial charge in [0.2, 0.25) is 5.82 Å². The van der Waals surface area contributed by atoms with Crippen molar-refractivity contribution in [1.29, 1.82) is 0 Å². The van der Waals surface area contributed by atoms with Crippen molar-refractivity contribution in [3.8, 4) is 5.75 Å². The largest absolute Gasteiger partial charge is 0.493 e. The number of halogens is 2. The zero-order chi connectivity index (χ0) is 15.1. The molecule has 4 nitrogen and oxygen atoms in total. The molecule has 1 fully saturated rings. The number of carboxylic acid groups (broad SMARTS) is 1. The molecular weight excluding hydrogens is 290 g/mol. The van der Waals surface area contributed by atoms with Gasteiger partial charge in [0.05, 0.1) is 7.11 Å². The summed E-state index contributed by atoms with van der Waals surface area (Å²) in [4.78, 5) is 10.6. The molecule has 1 aliphatic heterocycles. The highest BCUT2D eigenvalue weighted by atomic mass is 32.2. The number of rotatable bonds is 3. The number of hydrogen-bond donors (Lipinski definition) is 1. The fraction of sp³-hybridized carbons (Fsp3) is 0.462. The lowest BCUT2D eigenvalue weighted by Gasteiger charge is -2.20. The monoisotopic (exact) mass is 304 g/mol. The first-order valence-corrected chi connectivity index (χ1v) is 6.75. The summed E-state index contributed by atoms with van der Waals surface area (Å²) in [7, 11) is 1.20. The zero-order valence-corrected chi connectivity index (χ0v) is 12.0. The Morgan fingerprint density at radius 2 is 2.10 bits per heavy atom. The normalized spacial score (nSPS) is 24.6. The Morgan fingerprint density at radius 1 is 1.45 bits per heavy atom. The van der Waals surface area contributed by atoms with E-state index in [1.165, 1.54) is 13.2 Å². The van der Waals surface area contributed by atoms with Gasteiger partial charge < -0.3 is 14.6 Å². The molecule has 0 aliphatic carbocycles. The maximum absolute atomic E-state index is 13.7. The highest BCUT2D eigenvalue weighted by Crippen LogP contribution is 2.50. The van der Waals surface area contributed by atoms with Crippen LogP contribution in [0.25, 0.3) is 0 Å². The van der Waals surface area contributed by atoms with E-state index in [0.717, 1.165) is 17.8 Å². The molecular formula is C13H14F2O4S. The zero-order valence-electron chi connectivity index (χ0n) is 11.1. The van der Waals surface area contributed by atoms with Gasteiger partial charge in [-0.2, -0.15) is 4.39 Å². The van der Waals surface area contributed by atoms with Gasteiger partial charge in [0.15, 0.2) is 11.6 Å². The van der Waals surface area contributed by atoms with Gasteiger partial charge in [0, 0.05) is 5.56 Å². The lowest BCUT2D eigenvalue weighted by Crippen LogP contribution is -2.22. The van der Waals surface area contributed by atoms with E-state index in [1.54, 1.807) is 13.8 Å². The van der Waals surface area contributed by atoms with E-state index < -0.39 is 33.9 Å². The third-order valence-corrected chi connectivity index (χ3v) is 4.30. The number of methoxy groups -OCH3 is 1. The van der Waals surface area contributed by atoms with Gasteiger partial charge in [0.1, 0.15) is 16.3 Å². The van der Waals surface area contributed by atoms with Crippen molar-refractivity contribution in [2.24, 2.45) is 0 Å². The number of hydrogen-bond acceptors (Lipinski definition) is 4. The number of carbonyl (C=O) groups is 1. The van der Waals surface area contributed by atoms with Crippen LogP contribution in [0.2, 0.25) is 0 Å². The number of ether oxygens (including phenoxy) is 2. The minimum atomic E-state index is -1.15. The van der Waals surface area contributed by atoms with E-state index in [1.807, 2.05) is 0 Å². The van der Waals surface area contributed by atoms with Crippen LogP contribution in [-0.2, 0) is 9.53 Å². The molecule has 0 radical (unpaired) electrons. The van der Waals surface area contributed by atoms with Crippen molar-refractivity contribution in [2.75, 3.05) is 7.11 Å². The molecule has 110 valence electrons. The second kappa shape index (κ2) is 5.21. The Hall–Kier alpha value is -1.34. The van der Waals surface area contributed by atoms with Crippen molar-refractivity contribution >= 4 is 17.7 Å². The topological polar surface area (TPSA) is 55.8 Å². The molecule has 0 saturated carbocycles. The third kappa shape index (κ3) is 2.60. The lowest BCUT2D eigenvalue weighted by molar-refractivity contribution is -0.139. The molecule has 1 aliphatic rings. The molecule has 1 N–H and O–H groups in total. The van der Waals surface area contributed by atoms with E-state index in [0.29, 0.717) is 0 Å². The van der Waals surface area contributed by atoms with Gasteiger partial charge in [-0.15, -0.1) is 11.8 Å². The molecule has 0 amide bonds. The molecule has 1 heterocycles. The van der Waals surface area contributed by atoms with Crippen LogP contribution < -0.4 is 4.74 Å². The van der Waals surface area contributed by atoms with Gasteiger partial charge >= 0.3 is 5.97 Å². The minimum Gasteiger partial charge on any atom is -0.493 e. The summed E-state index contributed by atoms with van der Waals surface area (Å²) in [5.74, 6) is -3.59. The summed E-state index contributed by atoms with van der Waals surface area (Å²) in [6.07, 6.45) is -0.905. The Balaban J connectivity index is 2.50. The molecule has 7 heteroatoms. The number of carboxylic acids is 1. The fourth-order valence-corrected chi connectivity index (χ4v) is 3.35. The van der Waals surface area contributed by atoms with Crippen molar-refractivity contribution < 1.29 is 28.2 Å². The van der Waals surface area contributed by atoms with Crippen LogP contribution in [0, 0.1) is 11.6 Å². The van der Waals surface area contributed by atoms with Crippen LogP contribution in [-0.4, -0.2) is 28.4 Å². The molecule has 20 heavy (non-hydrogen) atoms. The summed E-state index contributed by atoms with van der Waals surface area (Å²) >= 11 is 1.11. The van der Waals surface area contributed by atoms with Crippen molar-refractivity contribution in [1.82, 2.24) is 0 Å². The van der Waals surface area contributed by atoms with Crippen molar-refractivity contribution in [3.63, 3.8) is 0 Å². The third-order valence-electron chi connectivity index (χ3n) is 2.93. The van der Waals surface area contributed by atoms with Crippen molar-refractivity contribution in [3.05, 3.63) is 29.3 Å². The van der Waals surface area contributed by atoms with Crippen LogP contribution in [0.1, 0.15) is 25.5 Å². The first kappa shape index (κ1) is 15.1. The summed E-state index contributed by atoms with van der Waals surface area (Å²) in [6.45, 7) is 3.44. The highest BCUT2D eigenvalue weighted by molar-refractivity contribution is 8.02. The quantitative estimate of drug-likeness (QED) is 0.930. The molecule has 1 saturated heterocycles. The molecule has 0 unspecified atom stereocenters. The van der Waals surface area contributed by atoms with Gasteiger partial charge in [-0.1, -0.05) is 0 Å². The van der Waals surface area contributed by atoms with Gasteiger partial charge in [-0.25, -0.2) is 4.39 Å². The second-order valence-electron chi connectivity index (χ2n) is 4.80. The van der Waals surface area contributed by atoms with Gasteiger partial charge in [0.25, 0.3) is 0 Å². The van der Waals surface area contributed by atoms with Crippen LogP contribution >= 0.6 is 11.8 Å². The van der Waals surface area contributed by atoms with Crippen LogP contribution in [0.3, 0.4) is 0 Å². The average Bonchev–Trinajstić information content (AvgIpc) is 2.68.